The fourth-order valence-electron chi connectivity index (χ4n) is 1.36. The summed E-state index contributed by atoms with van der Waals surface area (Å²) in [6.45, 7) is 1.90. The van der Waals surface area contributed by atoms with Gasteiger partial charge in [-0.3, -0.25) is 0 Å². The number of nitrogens with one attached hydrogen (secondary N) is 1. The molecular weight excluding hydrogens is 259 g/mol. The molecule has 1 heterocycles. The Bertz CT molecular complexity index is 369. The Hall–Kier alpha value is -0.710. The van der Waals surface area contributed by atoms with Crippen LogP contribution in [0.1, 0.15) is 12.8 Å². The molecule has 0 saturated heterocycles. The van der Waals surface area contributed by atoms with Crippen molar-refractivity contribution in [1.82, 2.24) is 9.88 Å². The van der Waals surface area contributed by atoms with Crippen molar-refractivity contribution in [2.75, 3.05) is 38.2 Å². The Morgan fingerprint density at radius 1 is 1.29 bits per heavy atom. The van der Waals surface area contributed by atoms with Crippen molar-refractivity contribution < 1.29 is 0 Å². The smallest absolute Gasteiger partial charge is 0.147 e. The summed E-state index contributed by atoms with van der Waals surface area (Å²) in [5.41, 5.74) is 5.61. The van der Waals surface area contributed by atoms with Crippen LogP contribution in [0, 0.1) is 0 Å². The zero-order valence-electron chi connectivity index (χ0n) is 10.1. The van der Waals surface area contributed by atoms with Crippen molar-refractivity contribution in [2.24, 2.45) is 0 Å². The van der Waals surface area contributed by atoms with E-state index in [2.05, 4.69) is 29.3 Å². The fraction of sp³-hybridized carbons (Fsp3) is 0.545. The minimum Gasteiger partial charge on any atom is -0.382 e. The van der Waals surface area contributed by atoms with Crippen molar-refractivity contribution in [2.45, 2.75) is 12.8 Å². The molecule has 1 rings (SSSR count). The van der Waals surface area contributed by atoms with Gasteiger partial charge in [-0.1, -0.05) is 23.2 Å². The van der Waals surface area contributed by atoms with Crippen LogP contribution >= 0.6 is 23.2 Å². The van der Waals surface area contributed by atoms with E-state index in [1.807, 2.05) is 0 Å². The van der Waals surface area contributed by atoms with E-state index in [1.165, 1.54) is 0 Å². The summed E-state index contributed by atoms with van der Waals surface area (Å²) < 4.78 is 0. The van der Waals surface area contributed by atoms with Crippen LogP contribution in [0.4, 0.5) is 11.6 Å². The maximum Gasteiger partial charge on any atom is 0.147 e. The van der Waals surface area contributed by atoms with Gasteiger partial charge in [-0.2, -0.15) is 0 Å². The highest BCUT2D eigenvalue weighted by Crippen LogP contribution is 2.27. The number of hydrogen-bond acceptors (Lipinski definition) is 4. The van der Waals surface area contributed by atoms with Gasteiger partial charge in [0.05, 0.1) is 10.0 Å². The predicted octanol–water partition coefficient (Wildman–Crippen LogP) is 2.72. The first-order chi connectivity index (χ1) is 8.00. The fourth-order valence-corrected chi connectivity index (χ4v) is 1.79. The first kappa shape index (κ1) is 14.4. The van der Waals surface area contributed by atoms with Gasteiger partial charge in [0.15, 0.2) is 0 Å². The molecule has 0 unspecified atom stereocenters. The van der Waals surface area contributed by atoms with E-state index in [0.717, 1.165) is 25.9 Å². The summed E-state index contributed by atoms with van der Waals surface area (Å²) >= 11 is 11.8. The zero-order valence-corrected chi connectivity index (χ0v) is 11.6. The van der Waals surface area contributed by atoms with Crippen molar-refractivity contribution in [3.05, 3.63) is 16.1 Å². The highest BCUT2D eigenvalue weighted by atomic mass is 35.5. The quantitative estimate of drug-likeness (QED) is 0.785. The topological polar surface area (TPSA) is 54.2 Å². The lowest BCUT2D eigenvalue weighted by molar-refractivity contribution is 0.396. The van der Waals surface area contributed by atoms with Crippen LogP contribution in [0.15, 0.2) is 6.07 Å². The molecule has 0 amide bonds. The molecule has 0 bridgehead atoms. The number of pyridine rings is 1. The molecule has 17 heavy (non-hydrogen) atoms. The maximum absolute atomic E-state index is 5.99. The number of halogens is 2. The number of aromatic nitrogens is 1. The molecule has 0 aromatic carbocycles. The molecule has 1 aromatic rings. The number of rotatable bonds is 6. The summed E-state index contributed by atoms with van der Waals surface area (Å²) in [5, 5.41) is 4.03. The van der Waals surface area contributed by atoms with Crippen molar-refractivity contribution >= 4 is 34.8 Å². The SMILES string of the molecule is CN(C)CCCCNc1nc(N)c(Cl)cc1Cl. The summed E-state index contributed by atoms with van der Waals surface area (Å²) in [4.78, 5) is 6.26. The van der Waals surface area contributed by atoms with Gasteiger partial charge in [0.1, 0.15) is 11.6 Å². The zero-order chi connectivity index (χ0) is 12.8. The Labute approximate surface area is 112 Å². The number of nitrogen functional groups attached to an aromatic ring is 1. The van der Waals surface area contributed by atoms with Gasteiger partial charge in [-0.25, -0.2) is 4.98 Å². The van der Waals surface area contributed by atoms with E-state index in [4.69, 9.17) is 28.9 Å². The van der Waals surface area contributed by atoms with Crippen LogP contribution in [-0.2, 0) is 0 Å². The number of anilines is 2. The van der Waals surface area contributed by atoms with Gasteiger partial charge < -0.3 is 16.0 Å². The average molecular weight is 277 g/mol. The second kappa shape index (κ2) is 6.89. The molecule has 0 spiro atoms. The normalized spacial score (nSPS) is 10.9. The summed E-state index contributed by atoms with van der Waals surface area (Å²) in [5.74, 6) is 0.894. The van der Waals surface area contributed by atoms with Gasteiger partial charge in [-0.05, 0) is 39.5 Å². The molecule has 0 fully saturated rings. The van der Waals surface area contributed by atoms with Crippen molar-refractivity contribution in [3.8, 4) is 0 Å². The Morgan fingerprint density at radius 3 is 2.65 bits per heavy atom. The van der Waals surface area contributed by atoms with Crippen LogP contribution in [0.5, 0.6) is 0 Å². The van der Waals surface area contributed by atoms with Gasteiger partial charge >= 0.3 is 0 Å². The molecule has 0 aliphatic heterocycles. The van der Waals surface area contributed by atoms with E-state index >= 15 is 0 Å². The lowest BCUT2D eigenvalue weighted by Crippen LogP contribution is -2.14. The first-order valence-electron chi connectivity index (χ1n) is 5.51. The van der Waals surface area contributed by atoms with Crippen LogP contribution in [0.2, 0.25) is 10.0 Å². The third kappa shape index (κ3) is 4.98. The van der Waals surface area contributed by atoms with Gasteiger partial charge in [0.2, 0.25) is 0 Å². The molecule has 4 nitrogen and oxygen atoms in total. The Balaban J connectivity index is 2.39. The summed E-state index contributed by atoms with van der Waals surface area (Å²) in [7, 11) is 4.12. The molecule has 0 radical (unpaired) electrons. The standard InChI is InChI=1S/C11H18Cl2N4/c1-17(2)6-4-3-5-15-11-9(13)7-8(12)10(14)16-11/h7H,3-6H2,1-2H3,(H3,14,15,16). The molecule has 0 saturated carbocycles. The molecule has 3 N–H and O–H groups in total. The second-order valence-corrected chi connectivity index (χ2v) is 4.94. The number of nitrogens with zero attached hydrogens (tertiary/aromatic N) is 2. The van der Waals surface area contributed by atoms with E-state index in [1.54, 1.807) is 6.07 Å². The minimum absolute atomic E-state index is 0.298. The van der Waals surface area contributed by atoms with Gasteiger partial charge in [0.25, 0.3) is 0 Å². The second-order valence-electron chi connectivity index (χ2n) is 4.12. The van der Waals surface area contributed by atoms with E-state index in [-0.39, 0.29) is 0 Å². The largest absolute Gasteiger partial charge is 0.382 e. The van der Waals surface area contributed by atoms with Gasteiger partial charge in [0, 0.05) is 6.54 Å². The Kier molecular flexibility index (Phi) is 5.82. The van der Waals surface area contributed by atoms with E-state index in [9.17, 15) is 0 Å². The minimum atomic E-state index is 0.298. The molecule has 6 heteroatoms. The lowest BCUT2D eigenvalue weighted by Gasteiger charge is -2.11. The third-order valence-electron chi connectivity index (χ3n) is 2.28. The highest BCUT2D eigenvalue weighted by molar-refractivity contribution is 6.37. The molecule has 96 valence electrons. The van der Waals surface area contributed by atoms with Crippen LogP contribution < -0.4 is 11.1 Å². The third-order valence-corrected chi connectivity index (χ3v) is 2.87. The van der Waals surface area contributed by atoms with Crippen LogP contribution in [-0.4, -0.2) is 37.1 Å². The summed E-state index contributed by atoms with van der Waals surface area (Å²) in [6, 6.07) is 1.60. The molecule has 1 aromatic heterocycles. The van der Waals surface area contributed by atoms with Crippen LogP contribution in [0.25, 0.3) is 0 Å². The molecular formula is C11H18Cl2N4. The Morgan fingerprint density at radius 2 is 2.00 bits per heavy atom. The van der Waals surface area contributed by atoms with Crippen molar-refractivity contribution in [1.29, 1.82) is 0 Å². The summed E-state index contributed by atoms with van der Waals surface area (Å²) in [6.07, 6.45) is 2.18. The van der Waals surface area contributed by atoms with Gasteiger partial charge in [-0.15, -0.1) is 0 Å². The lowest BCUT2D eigenvalue weighted by atomic mass is 10.3. The number of hydrogen-bond donors (Lipinski definition) is 2. The average Bonchev–Trinajstić information content (AvgIpc) is 2.24. The van der Waals surface area contributed by atoms with E-state index in [0.29, 0.717) is 21.7 Å². The van der Waals surface area contributed by atoms with E-state index < -0.39 is 0 Å². The highest BCUT2D eigenvalue weighted by Gasteiger charge is 2.06. The maximum atomic E-state index is 5.99. The number of nitrogens with two attached hydrogens (primary N) is 1. The van der Waals surface area contributed by atoms with Crippen molar-refractivity contribution in [3.63, 3.8) is 0 Å². The predicted molar refractivity (Wildman–Crippen MR) is 74.9 cm³/mol. The molecule has 0 aliphatic carbocycles. The first-order valence-corrected chi connectivity index (χ1v) is 6.26. The van der Waals surface area contributed by atoms with Crippen LogP contribution in [0.3, 0.4) is 0 Å². The molecule has 0 aliphatic rings. The molecule has 0 atom stereocenters. The number of unbranched alkanes of at least 4 members (excludes halogenated alkanes) is 1. The monoisotopic (exact) mass is 276 g/mol.